The molecule has 2 rings (SSSR count). The van der Waals surface area contributed by atoms with Gasteiger partial charge in [-0.3, -0.25) is 4.79 Å². The lowest BCUT2D eigenvalue weighted by Gasteiger charge is -2.09. The van der Waals surface area contributed by atoms with Crippen LogP contribution in [0.4, 0.5) is 10.5 Å². The Morgan fingerprint density at radius 1 is 1.11 bits per heavy atom. The summed E-state index contributed by atoms with van der Waals surface area (Å²) in [5.74, 6) is 0.610. The van der Waals surface area contributed by atoms with Crippen LogP contribution < -0.4 is 25.5 Å². The lowest BCUT2D eigenvalue weighted by Crippen LogP contribution is -2.37. The van der Waals surface area contributed by atoms with E-state index in [0.29, 0.717) is 27.8 Å². The molecule has 28 heavy (non-hydrogen) atoms. The summed E-state index contributed by atoms with van der Waals surface area (Å²) in [7, 11) is 3.06. The van der Waals surface area contributed by atoms with Crippen LogP contribution in [-0.2, 0) is 4.79 Å². The number of rotatable bonds is 7. The summed E-state index contributed by atoms with van der Waals surface area (Å²) in [5.41, 5.74) is 3.33. The van der Waals surface area contributed by atoms with E-state index < -0.39 is 11.9 Å². The third-order valence-electron chi connectivity index (χ3n) is 3.42. The first-order valence-electron chi connectivity index (χ1n) is 7.97. The van der Waals surface area contributed by atoms with Crippen molar-refractivity contribution in [1.82, 2.24) is 10.7 Å². The van der Waals surface area contributed by atoms with Crippen LogP contribution in [0.2, 0.25) is 10.0 Å². The molecule has 2 aromatic rings. The number of amides is 3. The van der Waals surface area contributed by atoms with Crippen LogP contribution in [-0.4, -0.2) is 38.9 Å². The van der Waals surface area contributed by atoms with Gasteiger partial charge in [-0.25, -0.2) is 10.2 Å². The standard InChI is InChI=1S/C18H18Cl2N4O4/c1-27-14-7-6-11(8-15(14)28-2)9-22-24-16(25)10-21-18(26)23-13-5-3-4-12(19)17(13)20/h3-9H,10H2,1-2H3,(H,24,25)(H2,21,23,26)/b22-9+. The fraction of sp³-hybridized carbons (Fsp3) is 0.167. The van der Waals surface area contributed by atoms with Gasteiger partial charge in [-0.1, -0.05) is 29.3 Å². The predicted molar refractivity (Wildman–Crippen MR) is 109 cm³/mol. The maximum Gasteiger partial charge on any atom is 0.319 e. The summed E-state index contributed by atoms with van der Waals surface area (Å²) in [6.45, 7) is -0.284. The summed E-state index contributed by atoms with van der Waals surface area (Å²) in [6.07, 6.45) is 1.44. The number of urea groups is 1. The van der Waals surface area contributed by atoms with Gasteiger partial charge < -0.3 is 20.1 Å². The molecule has 3 N–H and O–H groups in total. The van der Waals surface area contributed by atoms with Crippen molar-refractivity contribution in [2.24, 2.45) is 5.10 Å². The Morgan fingerprint density at radius 2 is 1.86 bits per heavy atom. The second-order valence-electron chi connectivity index (χ2n) is 5.32. The molecular formula is C18H18Cl2N4O4. The Bertz CT molecular complexity index is 890. The number of benzene rings is 2. The Morgan fingerprint density at radius 3 is 2.57 bits per heavy atom. The lowest BCUT2D eigenvalue weighted by molar-refractivity contribution is -0.120. The zero-order valence-electron chi connectivity index (χ0n) is 15.1. The molecule has 0 aliphatic carbocycles. The third kappa shape index (κ3) is 6.04. The number of carbonyl (C=O) groups excluding carboxylic acids is 2. The van der Waals surface area contributed by atoms with Gasteiger partial charge in [-0.15, -0.1) is 0 Å². The molecule has 0 bridgehead atoms. The Labute approximate surface area is 171 Å². The summed E-state index contributed by atoms with van der Waals surface area (Å²) in [5, 5.41) is 9.23. The van der Waals surface area contributed by atoms with Gasteiger partial charge in [-0.2, -0.15) is 5.10 Å². The highest BCUT2D eigenvalue weighted by atomic mass is 35.5. The molecule has 0 saturated heterocycles. The van der Waals surface area contributed by atoms with Crippen molar-refractivity contribution in [2.75, 3.05) is 26.1 Å². The van der Waals surface area contributed by atoms with Crippen molar-refractivity contribution in [2.45, 2.75) is 0 Å². The maximum absolute atomic E-state index is 11.8. The molecule has 8 nitrogen and oxygen atoms in total. The van der Waals surface area contributed by atoms with Gasteiger partial charge in [0.25, 0.3) is 5.91 Å². The molecule has 10 heteroatoms. The number of carbonyl (C=O) groups is 2. The highest BCUT2D eigenvalue weighted by molar-refractivity contribution is 6.43. The molecule has 3 amide bonds. The van der Waals surface area contributed by atoms with Crippen LogP contribution in [0.25, 0.3) is 0 Å². The van der Waals surface area contributed by atoms with E-state index in [1.54, 1.807) is 36.4 Å². The molecule has 2 aromatic carbocycles. The Hall–Kier alpha value is -2.97. The normalized spacial score (nSPS) is 10.4. The summed E-state index contributed by atoms with van der Waals surface area (Å²) >= 11 is 11.8. The van der Waals surface area contributed by atoms with Crippen molar-refractivity contribution in [3.05, 3.63) is 52.0 Å². The van der Waals surface area contributed by atoms with E-state index in [2.05, 4.69) is 21.2 Å². The smallest absolute Gasteiger partial charge is 0.319 e. The lowest BCUT2D eigenvalue weighted by atomic mass is 10.2. The molecule has 0 heterocycles. The second-order valence-corrected chi connectivity index (χ2v) is 6.10. The average molecular weight is 425 g/mol. The van der Waals surface area contributed by atoms with E-state index in [9.17, 15) is 9.59 Å². The molecule has 0 aliphatic heterocycles. The fourth-order valence-electron chi connectivity index (χ4n) is 2.08. The topological polar surface area (TPSA) is 101 Å². The molecule has 0 radical (unpaired) electrons. The number of ether oxygens (including phenoxy) is 2. The van der Waals surface area contributed by atoms with Crippen molar-refractivity contribution in [3.63, 3.8) is 0 Å². The molecule has 0 aliphatic rings. The van der Waals surface area contributed by atoms with Gasteiger partial charge in [0.05, 0.1) is 36.2 Å². The summed E-state index contributed by atoms with van der Waals surface area (Å²) in [6, 6.07) is 9.38. The number of halogens is 2. The minimum absolute atomic E-state index is 0.211. The quantitative estimate of drug-likeness (QED) is 0.468. The van der Waals surface area contributed by atoms with Gasteiger partial charge in [0, 0.05) is 0 Å². The van der Waals surface area contributed by atoms with Gasteiger partial charge in [-0.05, 0) is 35.9 Å². The van der Waals surface area contributed by atoms with E-state index in [1.165, 1.54) is 20.4 Å². The zero-order valence-corrected chi connectivity index (χ0v) is 16.6. The summed E-state index contributed by atoms with van der Waals surface area (Å²) < 4.78 is 10.3. The van der Waals surface area contributed by atoms with E-state index in [1.807, 2.05) is 0 Å². The van der Waals surface area contributed by atoms with Crippen LogP contribution in [0.15, 0.2) is 41.5 Å². The number of nitrogens with one attached hydrogen (secondary N) is 3. The zero-order chi connectivity index (χ0) is 20.5. The minimum Gasteiger partial charge on any atom is -0.493 e. The van der Waals surface area contributed by atoms with Crippen LogP contribution >= 0.6 is 23.2 Å². The molecule has 0 unspecified atom stereocenters. The van der Waals surface area contributed by atoms with Crippen molar-refractivity contribution >= 4 is 47.0 Å². The first-order valence-corrected chi connectivity index (χ1v) is 8.73. The van der Waals surface area contributed by atoms with Crippen molar-refractivity contribution in [3.8, 4) is 11.5 Å². The molecule has 0 spiro atoms. The van der Waals surface area contributed by atoms with Gasteiger partial charge in [0.1, 0.15) is 6.54 Å². The molecule has 0 atom stereocenters. The number of hydrogen-bond donors (Lipinski definition) is 3. The van der Waals surface area contributed by atoms with E-state index in [-0.39, 0.29) is 11.6 Å². The first-order chi connectivity index (χ1) is 13.4. The highest BCUT2D eigenvalue weighted by Crippen LogP contribution is 2.29. The van der Waals surface area contributed by atoms with Crippen LogP contribution in [0.3, 0.4) is 0 Å². The van der Waals surface area contributed by atoms with E-state index in [0.717, 1.165) is 0 Å². The monoisotopic (exact) mass is 424 g/mol. The van der Waals surface area contributed by atoms with Crippen LogP contribution in [0, 0.1) is 0 Å². The van der Waals surface area contributed by atoms with Crippen LogP contribution in [0.1, 0.15) is 5.56 Å². The third-order valence-corrected chi connectivity index (χ3v) is 4.24. The SMILES string of the molecule is COc1ccc(/C=N/NC(=O)CNC(=O)Nc2cccc(Cl)c2Cl)cc1OC. The van der Waals surface area contributed by atoms with Crippen molar-refractivity contribution in [1.29, 1.82) is 0 Å². The Kier molecular flexibility index (Phi) is 7.91. The van der Waals surface area contributed by atoms with E-state index >= 15 is 0 Å². The predicted octanol–water partition coefficient (Wildman–Crippen LogP) is 3.28. The number of hydrogen-bond acceptors (Lipinski definition) is 5. The molecule has 0 fully saturated rings. The number of methoxy groups -OCH3 is 2. The van der Waals surface area contributed by atoms with Gasteiger partial charge in [0.2, 0.25) is 0 Å². The minimum atomic E-state index is -0.608. The molecular weight excluding hydrogens is 407 g/mol. The molecule has 0 aromatic heterocycles. The number of anilines is 1. The maximum atomic E-state index is 11.8. The van der Waals surface area contributed by atoms with E-state index in [4.69, 9.17) is 32.7 Å². The number of hydrazone groups is 1. The molecule has 148 valence electrons. The number of nitrogens with zero attached hydrogens (tertiary/aromatic N) is 1. The Balaban J connectivity index is 1.81. The average Bonchev–Trinajstić information content (AvgIpc) is 2.69. The fourth-order valence-corrected chi connectivity index (χ4v) is 2.43. The van der Waals surface area contributed by atoms with Crippen LogP contribution in [0.5, 0.6) is 11.5 Å². The second kappa shape index (κ2) is 10.4. The molecule has 0 saturated carbocycles. The first kappa shape index (κ1) is 21.3. The highest BCUT2D eigenvalue weighted by Gasteiger charge is 2.09. The summed E-state index contributed by atoms with van der Waals surface area (Å²) in [4.78, 5) is 23.6. The van der Waals surface area contributed by atoms with Gasteiger partial charge >= 0.3 is 6.03 Å². The van der Waals surface area contributed by atoms with Gasteiger partial charge in [0.15, 0.2) is 11.5 Å². The largest absolute Gasteiger partial charge is 0.493 e. The van der Waals surface area contributed by atoms with Crippen molar-refractivity contribution < 1.29 is 19.1 Å².